The fourth-order valence-electron chi connectivity index (χ4n) is 7.72. The maximum absolute atomic E-state index is 13.5. The molecule has 0 heterocycles. The van der Waals surface area contributed by atoms with Crippen LogP contribution in [0.25, 0.3) is 0 Å². The Morgan fingerprint density at radius 1 is 0.638 bits per heavy atom. The van der Waals surface area contributed by atoms with E-state index in [0.717, 1.165) is 44.7 Å². The molecule has 2 nitrogen and oxygen atoms in total. The van der Waals surface area contributed by atoms with Crippen LogP contribution in [0.1, 0.15) is 73.6 Å². The standard InChI is InChI=1S/C42H44Cl2NOP/c1-45(41-29-27-36(37-23-14-15-24-38(37)41)32-26-28-39(43)40(44)31-32)42(46)25-13-2-3-16-30-47(33-17-7-4-8-18-33,34-19-9-5-10-20-34)35-21-11-6-12-22-35/h4-12,14-15,17-24,26,28,31,36,41,47H,2-3,13,16,25,27,29-30H2,1H3/t36-,41-/m0/s1. The van der Waals surface area contributed by atoms with Crippen molar-refractivity contribution in [3.63, 3.8) is 0 Å². The number of nitrogens with zero attached hydrogens (tertiary/aromatic N) is 1. The second-order valence-corrected chi connectivity index (χ2v) is 17.7. The molecule has 0 radical (unpaired) electrons. The topological polar surface area (TPSA) is 20.3 Å². The molecule has 1 aliphatic carbocycles. The molecule has 6 rings (SSSR count). The molecular weight excluding hydrogens is 636 g/mol. The number of hydrogen-bond donors (Lipinski definition) is 0. The number of amides is 1. The van der Waals surface area contributed by atoms with E-state index >= 15 is 0 Å². The van der Waals surface area contributed by atoms with Gasteiger partial charge >= 0.3 is 229 Å². The monoisotopic (exact) mass is 679 g/mol. The third kappa shape index (κ3) is 7.36. The Morgan fingerprint density at radius 2 is 1.17 bits per heavy atom. The van der Waals surface area contributed by atoms with Crippen molar-refractivity contribution in [2.45, 2.75) is 56.9 Å². The van der Waals surface area contributed by atoms with Crippen LogP contribution in [0.5, 0.6) is 0 Å². The second kappa shape index (κ2) is 15.7. The third-order valence-corrected chi connectivity index (χ3v) is 16.0. The van der Waals surface area contributed by atoms with Crippen LogP contribution in [0.4, 0.5) is 0 Å². The first-order valence-electron chi connectivity index (χ1n) is 16.9. The molecule has 5 aromatic rings. The van der Waals surface area contributed by atoms with E-state index in [1.54, 1.807) is 0 Å². The zero-order valence-corrected chi connectivity index (χ0v) is 29.6. The molecule has 0 spiro atoms. The van der Waals surface area contributed by atoms with Crippen molar-refractivity contribution >= 4 is 52.3 Å². The molecule has 0 saturated heterocycles. The Bertz CT molecular complexity index is 1670. The number of carbonyl (C=O) groups is 1. The molecule has 0 fully saturated rings. The molecule has 2 atom stereocenters. The molecule has 0 unspecified atom stereocenters. The molecule has 1 aliphatic rings. The molecular formula is C42H44Cl2NOP. The number of rotatable bonds is 12. The molecule has 0 aromatic heterocycles. The normalized spacial score (nSPS) is 16.3. The van der Waals surface area contributed by atoms with Crippen molar-refractivity contribution < 1.29 is 4.79 Å². The van der Waals surface area contributed by atoms with Crippen LogP contribution < -0.4 is 15.9 Å². The van der Waals surface area contributed by atoms with Crippen molar-refractivity contribution in [1.82, 2.24) is 4.90 Å². The van der Waals surface area contributed by atoms with Gasteiger partial charge in [0.25, 0.3) is 0 Å². The van der Waals surface area contributed by atoms with Crippen molar-refractivity contribution in [3.8, 4) is 0 Å². The first-order valence-corrected chi connectivity index (χ1v) is 19.9. The van der Waals surface area contributed by atoms with Gasteiger partial charge in [-0.05, 0) is 17.7 Å². The average molecular weight is 681 g/mol. The molecule has 1 amide bonds. The summed E-state index contributed by atoms with van der Waals surface area (Å²) in [7, 11) is -0.217. The molecule has 0 aliphatic heterocycles. The summed E-state index contributed by atoms with van der Waals surface area (Å²) in [6.07, 6.45) is 7.87. The molecule has 242 valence electrons. The summed E-state index contributed by atoms with van der Waals surface area (Å²) in [6.45, 7) is 0. The van der Waals surface area contributed by atoms with Crippen LogP contribution in [0.3, 0.4) is 0 Å². The van der Waals surface area contributed by atoms with Crippen molar-refractivity contribution in [1.29, 1.82) is 0 Å². The number of carbonyl (C=O) groups excluding carboxylic acids is 1. The van der Waals surface area contributed by atoms with E-state index in [2.05, 4.69) is 121 Å². The van der Waals surface area contributed by atoms with Crippen molar-refractivity contribution in [2.24, 2.45) is 0 Å². The molecule has 47 heavy (non-hydrogen) atoms. The van der Waals surface area contributed by atoms with Gasteiger partial charge in [0.05, 0.1) is 10.0 Å². The van der Waals surface area contributed by atoms with Crippen LogP contribution in [0.15, 0.2) is 133 Å². The summed E-state index contributed by atoms with van der Waals surface area (Å²) in [6, 6.07) is 48.1. The van der Waals surface area contributed by atoms with Gasteiger partial charge in [0.1, 0.15) is 0 Å². The molecule has 0 bridgehead atoms. The number of benzene rings is 5. The molecule has 5 aromatic carbocycles. The predicted molar refractivity (Wildman–Crippen MR) is 204 cm³/mol. The third-order valence-electron chi connectivity index (χ3n) is 10.2. The van der Waals surface area contributed by atoms with Crippen LogP contribution in [-0.4, -0.2) is 24.0 Å². The van der Waals surface area contributed by atoms with Crippen LogP contribution in [0, 0.1) is 0 Å². The predicted octanol–water partition coefficient (Wildman–Crippen LogP) is 10.1. The maximum atomic E-state index is 13.5. The van der Waals surface area contributed by atoms with Gasteiger partial charge in [-0.25, -0.2) is 0 Å². The van der Waals surface area contributed by atoms with Gasteiger partial charge in [-0.1, -0.05) is 35.3 Å². The van der Waals surface area contributed by atoms with E-state index in [9.17, 15) is 4.79 Å². The summed E-state index contributed by atoms with van der Waals surface area (Å²) in [5.41, 5.74) is 3.71. The second-order valence-electron chi connectivity index (χ2n) is 12.9. The van der Waals surface area contributed by atoms with Gasteiger partial charge in [0.15, 0.2) is 0 Å². The summed E-state index contributed by atoms with van der Waals surface area (Å²) < 4.78 is 0. The Hall–Kier alpha value is -3.42. The summed E-state index contributed by atoms with van der Waals surface area (Å²) in [5, 5.41) is 5.55. The van der Waals surface area contributed by atoms with E-state index in [1.165, 1.54) is 32.6 Å². The number of unbranched alkanes of at least 4 members (excludes halogenated alkanes) is 3. The number of fused-ring (bicyclic) bond motifs is 1. The van der Waals surface area contributed by atoms with Crippen molar-refractivity contribution in [2.75, 3.05) is 13.2 Å². The SMILES string of the molecule is CN(C(=O)CCCCCC[PH](c1ccccc1)(c1ccccc1)c1ccccc1)[C@H]1CC[C@@H](c2ccc(Cl)c(Cl)c2)c2ccccc21. The minimum atomic E-state index is -2.21. The summed E-state index contributed by atoms with van der Waals surface area (Å²) in [5.74, 6) is 0.485. The number of hydrogen-bond acceptors (Lipinski definition) is 1. The first kappa shape index (κ1) is 33.5. The Labute approximate surface area is 291 Å². The van der Waals surface area contributed by atoms with E-state index in [1.807, 2.05) is 24.1 Å². The minimum absolute atomic E-state index is 0.0898. The van der Waals surface area contributed by atoms with Crippen LogP contribution >= 0.6 is 30.5 Å². The number of halogens is 2. The van der Waals surface area contributed by atoms with E-state index < -0.39 is 7.26 Å². The van der Waals surface area contributed by atoms with Gasteiger partial charge in [0.2, 0.25) is 0 Å². The van der Waals surface area contributed by atoms with E-state index in [-0.39, 0.29) is 17.9 Å². The van der Waals surface area contributed by atoms with E-state index in [4.69, 9.17) is 23.2 Å². The average Bonchev–Trinajstić information content (AvgIpc) is 3.13. The van der Waals surface area contributed by atoms with Gasteiger partial charge in [-0.15, -0.1) is 0 Å². The van der Waals surface area contributed by atoms with Gasteiger partial charge < -0.3 is 0 Å². The van der Waals surface area contributed by atoms with Crippen LogP contribution in [-0.2, 0) is 4.79 Å². The summed E-state index contributed by atoms with van der Waals surface area (Å²) in [4.78, 5) is 15.5. The molecule has 0 saturated carbocycles. The zero-order valence-electron chi connectivity index (χ0n) is 27.1. The van der Waals surface area contributed by atoms with Gasteiger partial charge in [-0.2, -0.15) is 0 Å². The van der Waals surface area contributed by atoms with Gasteiger partial charge in [-0.3, -0.25) is 0 Å². The Kier molecular flexibility index (Phi) is 11.1. The molecule has 0 N–H and O–H groups in total. The quantitative estimate of drug-likeness (QED) is 0.0949. The van der Waals surface area contributed by atoms with Crippen LogP contribution in [0.2, 0.25) is 10.0 Å². The van der Waals surface area contributed by atoms with Crippen molar-refractivity contribution in [3.05, 3.63) is 160 Å². The fourth-order valence-corrected chi connectivity index (χ4v) is 13.0. The Morgan fingerprint density at radius 3 is 1.74 bits per heavy atom. The first-order chi connectivity index (χ1) is 23.0. The zero-order chi connectivity index (χ0) is 32.6. The van der Waals surface area contributed by atoms with E-state index in [0.29, 0.717) is 16.5 Å². The van der Waals surface area contributed by atoms with Gasteiger partial charge in [0, 0.05) is 0 Å². The fraction of sp³-hybridized carbons (Fsp3) is 0.262. The molecule has 5 heteroatoms. The summed E-state index contributed by atoms with van der Waals surface area (Å²) >= 11 is 12.6. The Balaban J connectivity index is 1.09.